The van der Waals surface area contributed by atoms with E-state index in [-0.39, 0.29) is 23.5 Å². The Kier molecular flexibility index (Phi) is 6.17. The van der Waals surface area contributed by atoms with Crippen LogP contribution in [0.15, 0.2) is 35.0 Å². The van der Waals surface area contributed by atoms with E-state index >= 15 is 0 Å². The number of aliphatic hydroxyl groups excluding tert-OH is 1. The molecule has 0 unspecified atom stereocenters. The van der Waals surface area contributed by atoms with Crippen molar-refractivity contribution >= 4 is 5.57 Å². The quantitative estimate of drug-likeness (QED) is 0.733. The molecule has 4 heteroatoms. The zero-order valence-corrected chi connectivity index (χ0v) is 16.3. The lowest BCUT2D eigenvalue weighted by molar-refractivity contribution is -0.0401. The maximum absolute atomic E-state index is 9.90. The lowest BCUT2D eigenvalue weighted by Crippen LogP contribution is -2.38. The summed E-state index contributed by atoms with van der Waals surface area (Å²) in [5.41, 5.74) is 0.505. The first-order valence-electron chi connectivity index (χ1n) is 8.91. The number of hydrogen-bond acceptors (Lipinski definition) is 4. The Bertz CT molecular complexity index is 626. The van der Waals surface area contributed by atoms with Crippen LogP contribution in [-0.2, 0) is 9.47 Å². The van der Waals surface area contributed by atoms with Gasteiger partial charge < -0.3 is 19.0 Å². The van der Waals surface area contributed by atoms with E-state index in [0.29, 0.717) is 5.92 Å². The Labute approximate surface area is 151 Å². The molecule has 1 fully saturated rings. The molecule has 1 aromatic rings. The molecule has 25 heavy (non-hydrogen) atoms. The van der Waals surface area contributed by atoms with Gasteiger partial charge in [0.15, 0.2) is 0 Å². The van der Waals surface area contributed by atoms with Crippen LogP contribution in [-0.4, -0.2) is 31.5 Å². The molecule has 1 aromatic heterocycles. The van der Waals surface area contributed by atoms with Crippen LogP contribution >= 0.6 is 0 Å². The van der Waals surface area contributed by atoms with Gasteiger partial charge >= 0.3 is 0 Å². The second-order valence-corrected chi connectivity index (χ2v) is 7.79. The third-order valence-electron chi connectivity index (χ3n) is 5.76. The fourth-order valence-electron chi connectivity index (χ4n) is 4.09. The van der Waals surface area contributed by atoms with Crippen molar-refractivity contribution in [3.05, 3.63) is 42.1 Å². The van der Waals surface area contributed by atoms with Crippen molar-refractivity contribution in [3.8, 4) is 0 Å². The van der Waals surface area contributed by atoms with E-state index in [0.717, 1.165) is 29.9 Å². The lowest BCUT2D eigenvalue weighted by atomic mass is 9.72. The summed E-state index contributed by atoms with van der Waals surface area (Å²) in [5.74, 6) is 2.20. The first-order chi connectivity index (χ1) is 11.8. The smallest absolute Gasteiger partial charge is 0.132 e. The van der Waals surface area contributed by atoms with Gasteiger partial charge in [0.2, 0.25) is 0 Å². The highest BCUT2D eigenvalue weighted by Gasteiger charge is 2.48. The van der Waals surface area contributed by atoms with Crippen LogP contribution in [0.4, 0.5) is 0 Å². The third-order valence-corrected chi connectivity index (χ3v) is 5.76. The van der Waals surface area contributed by atoms with Gasteiger partial charge in [0.05, 0.1) is 25.6 Å². The highest BCUT2D eigenvalue weighted by Crippen LogP contribution is 2.53. The van der Waals surface area contributed by atoms with Gasteiger partial charge in [-0.25, -0.2) is 0 Å². The number of ether oxygens (including phenoxy) is 2. The van der Waals surface area contributed by atoms with Crippen LogP contribution in [0.3, 0.4) is 0 Å². The van der Waals surface area contributed by atoms with Crippen molar-refractivity contribution in [1.82, 2.24) is 0 Å². The average Bonchev–Trinajstić information content (AvgIpc) is 3.15. The van der Waals surface area contributed by atoms with Crippen LogP contribution in [0.2, 0.25) is 0 Å². The monoisotopic (exact) mass is 348 g/mol. The summed E-state index contributed by atoms with van der Waals surface area (Å²) in [5, 5.41) is 9.90. The fourth-order valence-corrected chi connectivity index (χ4v) is 4.09. The third kappa shape index (κ3) is 4.18. The highest BCUT2D eigenvalue weighted by atomic mass is 16.5. The molecule has 1 aliphatic rings. The van der Waals surface area contributed by atoms with Crippen LogP contribution in [0.5, 0.6) is 0 Å². The molecule has 1 saturated carbocycles. The van der Waals surface area contributed by atoms with Crippen molar-refractivity contribution in [1.29, 1.82) is 0 Å². The van der Waals surface area contributed by atoms with E-state index in [4.69, 9.17) is 13.9 Å². The molecule has 0 aliphatic heterocycles. The maximum atomic E-state index is 9.90. The SMILES string of the molecule is CO/C=C/[C@@H]1[C@@H](C(C)(C)OC)CC[C@@]1(C)/C=C(/CO)c1ccc(C)o1. The van der Waals surface area contributed by atoms with E-state index in [1.54, 1.807) is 20.5 Å². The number of aryl methyl sites for hydroxylation is 1. The second kappa shape index (κ2) is 7.79. The Hall–Kier alpha value is -1.52. The van der Waals surface area contributed by atoms with Gasteiger partial charge in [-0.2, -0.15) is 0 Å². The molecule has 0 radical (unpaired) electrons. The average molecular weight is 348 g/mol. The van der Waals surface area contributed by atoms with Crippen molar-refractivity contribution in [2.45, 2.75) is 46.1 Å². The van der Waals surface area contributed by atoms with Gasteiger partial charge in [-0.05, 0) is 69.1 Å². The molecule has 0 spiro atoms. The lowest BCUT2D eigenvalue weighted by Gasteiger charge is -2.37. The van der Waals surface area contributed by atoms with E-state index in [9.17, 15) is 5.11 Å². The Morgan fingerprint density at radius 2 is 2.12 bits per heavy atom. The minimum Gasteiger partial charge on any atom is -0.505 e. The molecule has 1 N–H and O–H groups in total. The minimum atomic E-state index is -0.227. The molecule has 3 atom stereocenters. The number of aliphatic hydroxyl groups is 1. The van der Waals surface area contributed by atoms with Gasteiger partial charge in [0.1, 0.15) is 11.5 Å². The van der Waals surface area contributed by atoms with Crippen molar-refractivity contribution in [2.75, 3.05) is 20.8 Å². The minimum absolute atomic E-state index is 0.0401. The number of allylic oxidation sites excluding steroid dienone is 2. The highest BCUT2D eigenvalue weighted by molar-refractivity contribution is 5.63. The molecule has 4 nitrogen and oxygen atoms in total. The summed E-state index contributed by atoms with van der Waals surface area (Å²) in [6, 6.07) is 3.85. The van der Waals surface area contributed by atoms with Gasteiger partial charge in [0.25, 0.3) is 0 Å². The van der Waals surface area contributed by atoms with E-state index in [1.165, 1.54) is 0 Å². The molecule has 2 rings (SSSR count). The zero-order valence-electron chi connectivity index (χ0n) is 16.3. The number of furan rings is 1. The summed E-state index contributed by atoms with van der Waals surface area (Å²) >= 11 is 0. The first kappa shape index (κ1) is 19.8. The molecule has 0 saturated heterocycles. The summed E-state index contributed by atoms with van der Waals surface area (Å²) in [4.78, 5) is 0. The topological polar surface area (TPSA) is 51.8 Å². The zero-order chi connectivity index (χ0) is 18.7. The van der Waals surface area contributed by atoms with Crippen molar-refractivity contribution in [3.63, 3.8) is 0 Å². The summed E-state index contributed by atoms with van der Waals surface area (Å²) in [6.07, 6.45) is 8.16. The largest absolute Gasteiger partial charge is 0.505 e. The molecule has 0 amide bonds. The first-order valence-corrected chi connectivity index (χ1v) is 8.91. The Morgan fingerprint density at radius 3 is 2.64 bits per heavy atom. The van der Waals surface area contributed by atoms with Crippen LogP contribution in [0.1, 0.15) is 45.1 Å². The summed E-state index contributed by atoms with van der Waals surface area (Å²) < 4.78 is 16.7. The second-order valence-electron chi connectivity index (χ2n) is 7.79. The summed E-state index contributed by atoms with van der Waals surface area (Å²) in [7, 11) is 3.44. The molecule has 140 valence electrons. The number of methoxy groups -OCH3 is 2. The number of rotatable bonds is 7. The fraction of sp³-hybridized carbons (Fsp3) is 0.619. The van der Waals surface area contributed by atoms with Gasteiger partial charge in [-0.3, -0.25) is 0 Å². The van der Waals surface area contributed by atoms with Crippen LogP contribution < -0.4 is 0 Å². The molecule has 1 aliphatic carbocycles. The summed E-state index contributed by atoms with van der Waals surface area (Å²) in [6.45, 7) is 8.40. The molecule has 0 bridgehead atoms. The standard InChI is InChI=1S/C21H32O4/c1-15-7-8-19(25-15)16(14-22)13-21(4)11-9-17(20(2,3)24-6)18(21)10-12-23-5/h7-8,10,12-13,17-18,22H,9,11,14H2,1-6H3/b12-10+,16-13-/t17-,18+,21-/m0/s1. The predicted octanol–water partition coefficient (Wildman–Crippen LogP) is 4.58. The van der Waals surface area contributed by atoms with Crippen molar-refractivity contribution < 1.29 is 19.0 Å². The molecular weight excluding hydrogens is 316 g/mol. The van der Waals surface area contributed by atoms with E-state index in [2.05, 4.69) is 32.9 Å². The number of hydrogen-bond donors (Lipinski definition) is 1. The predicted molar refractivity (Wildman–Crippen MR) is 100 cm³/mol. The van der Waals surface area contributed by atoms with Gasteiger partial charge in [-0.1, -0.05) is 13.0 Å². The van der Waals surface area contributed by atoms with Crippen LogP contribution in [0.25, 0.3) is 5.57 Å². The molecular formula is C21H32O4. The van der Waals surface area contributed by atoms with Crippen molar-refractivity contribution in [2.24, 2.45) is 17.3 Å². The van der Waals surface area contributed by atoms with Gasteiger partial charge in [0, 0.05) is 12.7 Å². The molecule has 0 aromatic carbocycles. The Morgan fingerprint density at radius 1 is 1.40 bits per heavy atom. The Balaban J connectivity index is 2.42. The normalized spacial score (nSPS) is 28.0. The van der Waals surface area contributed by atoms with Gasteiger partial charge in [-0.15, -0.1) is 0 Å². The maximum Gasteiger partial charge on any atom is 0.132 e. The van der Waals surface area contributed by atoms with Crippen LogP contribution in [0, 0.1) is 24.2 Å². The van der Waals surface area contributed by atoms with E-state index in [1.807, 2.05) is 19.1 Å². The molecule has 1 heterocycles. The van der Waals surface area contributed by atoms with E-state index < -0.39 is 0 Å².